The van der Waals surface area contributed by atoms with E-state index in [1.165, 1.54) is 56.3 Å². The first-order chi connectivity index (χ1) is 8.84. The number of para-hydroxylation sites is 1. The van der Waals surface area contributed by atoms with Crippen molar-refractivity contribution in [1.82, 2.24) is 5.32 Å². The quantitative estimate of drug-likeness (QED) is 0.856. The lowest BCUT2D eigenvalue weighted by atomic mass is 10.0. The summed E-state index contributed by atoms with van der Waals surface area (Å²) >= 11 is 0. The first-order valence-corrected chi connectivity index (χ1v) is 7.41. The van der Waals surface area contributed by atoms with Gasteiger partial charge < -0.3 is 10.2 Å². The van der Waals surface area contributed by atoms with Crippen molar-refractivity contribution in [2.75, 3.05) is 18.5 Å². The van der Waals surface area contributed by atoms with E-state index >= 15 is 0 Å². The second-order valence-corrected chi connectivity index (χ2v) is 5.82. The molecule has 0 spiro atoms. The van der Waals surface area contributed by atoms with Crippen LogP contribution in [-0.2, 0) is 0 Å². The molecule has 1 aromatic carbocycles. The number of nitrogens with zero attached hydrogens (tertiary/aromatic N) is 1. The van der Waals surface area contributed by atoms with E-state index in [9.17, 15) is 0 Å². The van der Waals surface area contributed by atoms with Crippen LogP contribution in [0.1, 0.15) is 50.1 Å². The highest BCUT2D eigenvalue weighted by atomic mass is 15.1. The van der Waals surface area contributed by atoms with Gasteiger partial charge in [-0.1, -0.05) is 31.0 Å². The number of hydrogen-bond donors (Lipinski definition) is 1. The predicted molar refractivity (Wildman–Crippen MR) is 77.1 cm³/mol. The Bertz CT molecular complexity index is 396. The van der Waals surface area contributed by atoms with Crippen LogP contribution in [0, 0.1) is 0 Å². The molecular weight excluding hydrogens is 220 g/mol. The van der Waals surface area contributed by atoms with Crippen molar-refractivity contribution in [2.24, 2.45) is 0 Å². The summed E-state index contributed by atoms with van der Waals surface area (Å²) in [7, 11) is 2.22. The average molecular weight is 244 g/mol. The van der Waals surface area contributed by atoms with Crippen molar-refractivity contribution < 1.29 is 0 Å². The Kier molecular flexibility index (Phi) is 3.55. The van der Waals surface area contributed by atoms with Gasteiger partial charge in [0.15, 0.2) is 0 Å². The molecule has 1 atom stereocenters. The largest absolute Gasteiger partial charge is 0.374 e. The molecule has 1 fully saturated rings. The number of nitrogens with one attached hydrogen (secondary N) is 1. The third-order valence-electron chi connectivity index (χ3n) is 4.50. The summed E-state index contributed by atoms with van der Waals surface area (Å²) in [5.74, 6) is 0. The van der Waals surface area contributed by atoms with Crippen LogP contribution < -0.4 is 10.2 Å². The van der Waals surface area contributed by atoms with Crippen LogP contribution in [0.2, 0.25) is 0 Å². The second-order valence-electron chi connectivity index (χ2n) is 5.82. The van der Waals surface area contributed by atoms with Crippen LogP contribution in [-0.4, -0.2) is 19.6 Å². The minimum atomic E-state index is 0.564. The van der Waals surface area contributed by atoms with Crippen LogP contribution in [0.3, 0.4) is 0 Å². The molecule has 0 aromatic heterocycles. The number of fused-ring (bicyclic) bond motifs is 1. The summed E-state index contributed by atoms with van der Waals surface area (Å²) in [5.41, 5.74) is 2.93. The van der Waals surface area contributed by atoms with E-state index in [1.807, 2.05) is 0 Å². The standard InChI is InChI=1S/C16H24N2/c1-18-12-6-10-15(17-13-7-2-3-8-13)14-9-4-5-11-16(14)18/h4-5,9,11,13,15,17H,2-3,6-8,10,12H2,1H3. The third kappa shape index (κ3) is 2.39. The van der Waals surface area contributed by atoms with Crippen LogP contribution in [0.5, 0.6) is 0 Å². The molecule has 0 radical (unpaired) electrons. The molecule has 2 nitrogen and oxygen atoms in total. The molecule has 18 heavy (non-hydrogen) atoms. The van der Waals surface area contributed by atoms with Gasteiger partial charge in [0, 0.05) is 31.4 Å². The van der Waals surface area contributed by atoms with Crippen molar-refractivity contribution >= 4 is 5.69 Å². The molecular formula is C16H24N2. The first kappa shape index (κ1) is 12.0. The van der Waals surface area contributed by atoms with E-state index in [2.05, 4.69) is 41.5 Å². The average Bonchev–Trinajstić information content (AvgIpc) is 2.85. The van der Waals surface area contributed by atoms with Gasteiger partial charge in [-0.15, -0.1) is 0 Å². The molecule has 98 valence electrons. The molecule has 0 saturated heterocycles. The highest BCUT2D eigenvalue weighted by molar-refractivity contribution is 5.55. The molecule has 1 aliphatic carbocycles. The lowest BCUT2D eigenvalue weighted by molar-refractivity contribution is 0.419. The van der Waals surface area contributed by atoms with Crippen molar-refractivity contribution in [1.29, 1.82) is 0 Å². The van der Waals surface area contributed by atoms with E-state index in [-0.39, 0.29) is 0 Å². The molecule has 0 amide bonds. The van der Waals surface area contributed by atoms with Crippen LogP contribution in [0.15, 0.2) is 24.3 Å². The molecule has 2 heteroatoms. The Labute approximate surface area is 110 Å². The normalized spacial score (nSPS) is 24.9. The Morgan fingerprint density at radius 3 is 2.67 bits per heavy atom. The molecule has 1 aromatic rings. The van der Waals surface area contributed by atoms with Gasteiger partial charge >= 0.3 is 0 Å². The monoisotopic (exact) mass is 244 g/mol. The van der Waals surface area contributed by atoms with Crippen molar-refractivity contribution in [3.63, 3.8) is 0 Å². The maximum absolute atomic E-state index is 3.91. The summed E-state index contributed by atoms with van der Waals surface area (Å²) in [6.07, 6.45) is 8.12. The number of hydrogen-bond acceptors (Lipinski definition) is 2. The van der Waals surface area contributed by atoms with Gasteiger partial charge in [0.2, 0.25) is 0 Å². The Hall–Kier alpha value is -1.02. The van der Waals surface area contributed by atoms with Crippen LogP contribution in [0.25, 0.3) is 0 Å². The Morgan fingerprint density at radius 1 is 1.06 bits per heavy atom. The van der Waals surface area contributed by atoms with E-state index in [4.69, 9.17) is 0 Å². The summed E-state index contributed by atoms with van der Waals surface area (Å²) in [5, 5.41) is 3.91. The fraction of sp³-hybridized carbons (Fsp3) is 0.625. The van der Waals surface area contributed by atoms with Gasteiger partial charge in [0.05, 0.1) is 0 Å². The minimum absolute atomic E-state index is 0.564. The summed E-state index contributed by atoms with van der Waals surface area (Å²) < 4.78 is 0. The zero-order valence-electron chi connectivity index (χ0n) is 11.4. The summed E-state index contributed by atoms with van der Waals surface area (Å²) in [6, 6.07) is 10.2. The van der Waals surface area contributed by atoms with Gasteiger partial charge in [-0.25, -0.2) is 0 Å². The number of benzene rings is 1. The third-order valence-corrected chi connectivity index (χ3v) is 4.50. The highest BCUT2D eigenvalue weighted by Crippen LogP contribution is 2.33. The minimum Gasteiger partial charge on any atom is -0.374 e. The Balaban J connectivity index is 1.82. The van der Waals surface area contributed by atoms with Gasteiger partial charge in [-0.05, 0) is 37.3 Å². The van der Waals surface area contributed by atoms with E-state index in [1.54, 1.807) is 0 Å². The fourth-order valence-corrected chi connectivity index (χ4v) is 3.49. The van der Waals surface area contributed by atoms with E-state index < -0.39 is 0 Å². The maximum atomic E-state index is 3.91. The zero-order valence-corrected chi connectivity index (χ0v) is 11.4. The van der Waals surface area contributed by atoms with Crippen LogP contribution in [0.4, 0.5) is 5.69 Å². The topological polar surface area (TPSA) is 15.3 Å². The number of rotatable bonds is 2. The SMILES string of the molecule is CN1CCCC(NC2CCCC2)c2ccccc21. The molecule has 1 unspecified atom stereocenters. The Morgan fingerprint density at radius 2 is 1.83 bits per heavy atom. The van der Waals surface area contributed by atoms with Gasteiger partial charge in [0.1, 0.15) is 0 Å². The lowest BCUT2D eigenvalue weighted by Gasteiger charge is -2.24. The second kappa shape index (κ2) is 5.31. The molecule has 0 bridgehead atoms. The predicted octanol–water partition coefficient (Wildman–Crippen LogP) is 3.49. The molecule has 3 rings (SSSR count). The van der Waals surface area contributed by atoms with Crippen molar-refractivity contribution in [3.8, 4) is 0 Å². The van der Waals surface area contributed by atoms with Crippen LogP contribution >= 0.6 is 0 Å². The summed E-state index contributed by atoms with van der Waals surface area (Å²) in [4.78, 5) is 2.41. The summed E-state index contributed by atoms with van der Waals surface area (Å²) in [6.45, 7) is 1.18. The van der Waals surface area contributed by atoms with Gasteiger partial charge in [0.25, 0.3) is 0 Å². The molecule has 1 heterocycles. The molecule has 2 aliphatic rings. The molecule has 1 aliphatic heterocycles. The van der Waals surface area contributed by atoms with E-state index in [0.717, 1.165) is 6.04 Å². The van der Waals surface area contributed by atoms with Crippen molar-refractivity contribution in [2.45, 2.75) is 50.6 Å². The smallest absolute Gasteiger partial charge is 0.0412 e. The fourth-order valence-electron chi connectivity index (χ4n) is 3.49. The molecule has 1 N–H and O–H groups in total. The van der Waals surface area contributed by atoms with E-state index in [0.29, 0.717) is 6.04 Å². The maximum Gasteiger partial charge on any atom is 0.0412 e. The van der Waals surface area contributed by atoms with Crippen molar-refractivity contribution in [3.05, 3.63) is 29.8 Å². The van der Waals surface area contributed by atoms with Gasteiger partial charge in [-0.3, -0.25) is 0 Å². The number of anilines is 1. The van der Waals surface area contributed by atoms with Gasteiger partial charge in [-0.2, -0.15) is 0 Å². The zero-order chi connectivity index (χ0) is 12.4. The lowest BCUT2D eigenvalue weighted by Crippen LogP contribution is -2.30. The highest BCUT2D eigenvalue weighted by Gasteiger charge is 2.24. The first-order valence-electron chi connectivity index (χ1n) is 7.41. The molecule has 1 saturated carbocycles.